The molecule has 1 fully saturated rings. The SMILES string of the molecule is CCSC.CNCC(=O)N1CCCC1CN(CC(=O)NCC(=O)OC)Cc1cccc2ccccc12. The summed E-state index contributed by atoms with van der Waals surface area (Å²) in [5, 5.41) is 7.84. The van der Waals surface area contributed by atoms with Gasteiger partial charge in [-0.1, -0.05) is 49.4 Å². The Labute approximate surface area is 219 Å². The number of benzene rings is 2. The molecule has 36 heavy (non-hydrogen) atoms. The van der Waals surface area contributed by atoms with Crippen LogP contribution in [0.15, 0.2) is 42.5 Å². The van der Waals surface area contributed by atoms with Crippen LogP contribution in [0.4, 0.5) is 0 Å². The third-order valence-corrected chi connectivity index (χ3v) is 6.66. The third-order valence-electron chi connectivity index (χ3n) is 6.08. The van der Waals surface area contributed by atoms with E-state index in [4.69, 9.17) is 0 Å². The first kappa shape index (κ1) is 29.6. The molecule has 198 valence electrons. The molecule has 0 bridgehead atoms. The Morgan fingerprint density at radius 1 is 1.14 bits per heavy atom. The fourth-order valence-electron chi connectivity index (χ4n) is 4.26. The van der Waals surface area contributed by atoms with Gasteiger partial charge in [-0.25, -0.2) is 0 Å². The fourth-order valence-corrected chi connectivity index (χ4v) is 4.26. The number of amides is 2. The van der Waals surface area contributed by atoms with Gasteiger partial charge in [-0.15, -0.1) is 0 Å². The summed E-state index contributed by atoms with van der Waals surface area (Å²) >= 11 is 1.86. The van der Waals surface area contributed by atoms with Gasteiger partial charge < -0.3 is 20.3 Å². The molecule has 8 nitrogen and oxygen atoms in total. The van der Waals surface area contributed by atoms with Crippen LogP contribution < -0.4 is 10.6 Å². The number of likely N-dealkylation sites (tertiary alicyclic amines) is 1. The lowest BCUT2D eigenvalue weighted by atomic mass is 10.0. The second-order valence-electron chi connectivity index (χ2n) is 8.65. The Hall–Kier alpha value is -2.62. The highest BCUT2D eigenvalue weighted by atomic mass is 32.2. The zero-order valence-corrected chi connectivity index (χ0v) is 22.7. The van der Waals surface area contributed by atoms with Crippen LogP contribution in [0, 0.1) is 0 Å². The van der Waals surface area contributed by atoms with E-state index in [1.54, 1.807) is 7.05 Å². The Kier molecular flexibility index (Phi) is 13.3. The Bertz CT molecular complexity index is 980. The molecule has 1 aliphatic rings. The largest absolute Gasteiger partial charge is 0.468 e. The maximum Gasteiger partial charge on any atom is 0.325 e. The summed E-state index contributed by atoms with van der Waals surface area (Å²) in [5.41, 5.74) is 1.12. The number of hydrogen-bond donors (Lipinski definition) is 2. The summed E-state index contributed by atoms with van der Waals surface area (Å²) in [6.07, 6.45) is 3.96. The average Bonchev–Trinajstić information content (AvgIpc) is 3.36. The van der Waals surface area contributed by atoms with Gasteiger partial charge in [0, 0.05) is 25.7 Å². The third kappa shape index (κ3) is 9.44. The van der Waals surface area contributed by atoms with Crippen molar-refractivity contribution < 1.29 is 19.1 Å². The molecule has 1 heterocycles. The summed E-state index contributed by atoms with van der Waals surface area (Å²) in [5.74, 6) is 0.579. The summed E-state index contributed by atoms with van der Waals surface area (Å²) in [6.45, 7) is 4.31. The van der Waals surface area contributed by atoms with Crippen LogP contribution in [-0.4, -0.2) is 92.5 Å². The van der Waals surface area contributed by atoms with Crippen molar-refractivity contribution in [3.8, 4) is 0 Å². The second-order valence-corrected chi connectivity index (χ2v) is 9.81. The van der Waals surface area contributed by atoms with Crippen molar-refractivity contribution in [2.24, 2.45) is 0 Å². The van der Waals surface area contributed by atoms with Crippen molar-refractivity contribution in [3.63, 3.8) is 0 Å². The lowest BCUT2D eigenvalue weighted by Crippen LogP contribution is -2.48. The smallest absolute Gasteiger partial charge is 0.325 e. The highest BCUT2D eigenvalue weighted by molar-refractivity contribution is 7.98. The number of carbonyl (C=O) groups is 3. The molecule has 0 aromatic heterocycles. The summed E-state index contributed by atoms with van der Waals surface area (Å²) in [7, 11) is 3.06. The van der Waals surface area contributed by atoms with E-state index >= 15 is 0 Å². The van der Waals surface area contributed by atoms with Gasteiger partial charge in [0.25, 0.3) is 0 Å². The maximum atomic E-state index is 12.6. The minimum Gasteiger partial charge on any atom is -0.468 e. The standard InChI is InChI=1S/C24H32N4O4.C3H8S/c1-25-13-23(30)28-12-6-10-20(28)16-27(17-22(29)26-14-24(31)32-2)15-19-9-5-8-18-7-3-4-11-21(18)19;1-3-4-2/h3-5,7-9,11,20,25H,6,10,12-17H2,1-2H3,(H,26,29);3H2,1-2H3. The number of carbonyl (C=O) groups excluding carboxylic acids is 3. The number of methoxy groups -OCH3 is 1. The van der Waals surface area contributed by atoms with Crippen LogP contribution in [0.25, 0.3) is 10.8 Å². The van der Waals surface area contributed by atoms with E-state index in [1.807, 2.05) is 34.9 Å². The lowest BCUT2D eigenvalue weighted by Gasteiger charge is -2.31. The fraction of sp³-hybridized carbons (Fsp3) is 0.519. The quantitative estimate of drug-likeness (QED) is 0.444. The molecular formula is C27H40N4O4S. The van der Waals surface area contributed by atoms with E-state index < -0.39 is 5.97 Å². The van der Waals surface area contributed by atoms with Crippen LogP contribution in [0.1, 0.15) is 25.3 Å². The molecular weight excluding hydrogens is 476 g/mol. The van der Waals surface area contributed by atoms with Gasteiger partial charge in [0.2, 0.25) is 11.8 Å². The maximum absolute atomic E-state index is 12.6. The molecule has 2 amide bonds. The molecule has 0 saturated carbocycles. The zero-order chi connectivity index (χ0) is 26.3. The topological polar surface area (TPSA) is 91.0 Å². The van der Waals surface area contributed by atoms with Gasteiger partial charge in [0.05, 0.1) is 20.2 Å². The molecule has 9 heteroatoms. The first-order chi connectivity index (χ1) is 17.4. The van der Waals surface area contributed by atoms with Crippen molar-refractivity contribution in [1.82, 2.24) is 20.4 Å². The Morgan fingerprint density at radius 2 is 1.86 bits per heavy atom. The van der Waals surface area contributed by atoms with E-state index in [9.17, 15) is 14.4 Å². The number of nitrogens with zero attached hydrogens (tertiary/aromatic N) is 2. The molecule has 3 rings (SSSR count). The first-order valence-electron chi connectivity index (χ1n) is 12.4. The minimum absolute atomic E-state index is 0.0548. The van der Waals surface area contributed by atoms with Gasteiger partial charge in [-0.3, -0.25) is 19.3 Å². The van der Waals surface area contributed by atoms with Crippen molar-refractivity contribution >= 4 is 40.3 Å². The summed E-state index contributed by atoms with van der Waals surface area (Å²) in [4.78, 5) is 40.5. The molecule has 1 unspecified atom stereocenters. The van der Waals surface area contributed by atoms with Gasteiger partial charge >= 0.3 is 5.97 Å². The van der Waals surface area contributed by atoms with E-state index in [0.717, 1.165) is 35.7 Å². The van der Waals surface area contributed by atoms with Crippen LogP contribution in [0.2, 0.25) is 0 Å². The van der Waals surface area contributed by atoms with E-state index in [1.165, 1.54) is 12.9 Å². The van der Waals surface area contributed by atoms with E-state index in [-0.39, 0.29) is 30.9 Å². The number of nitrogens with one attached hydrogen (secondary N) is 2. The zero-order valence-electron chi connectivity index (χ0n) is 21.9. The van der Waals surface area contributed by atoms with Crippen molar-refractivity contribution in [2.45, 2.75) is 32.4 Å². The number of esters is 1. The molecule has 0 aliphatic carbocycles. The van der Waals surface area contributed by atoms with E-state index in [2.05, 4.69) is 57.7 Å². The Balaban J connectivity index is 0.00000106. The minimum atomic E-state index is -0.487. The number of hydrogen-bond acceptors (Lipinski definition) is 7. The molecule has 2 N–H and O–H groups in total. The molecule has 2 aromatic rings. The van der Waals surface area contributed by atoms with Crippen LogP contribution in [0.5, 0.6) is 0 Å². The Morgan fingerprint density at radius 3 is 2.56 bits per heavy atom. The van der Waals surface area contributed by atoms with Crippen molar-refractivity contribution in [3.05, 3.63) is 48.0 Å². The van der Waals surface area contributed by atoms with Gasteiger partial charge in [0.15, 0.2) is 0 Å². The van der Waals surface area contributed by atoms with Crippen LogP contribution in [0.3, 0.4) is 0 Å². The molecule has 2 aromatic carbocycles. The van der Waals surface area contributed by atoms with Crippen molar-refractivity contribution in [1.29, 1.82) is 0 Å². The van der Waals surface area contributed by atoms with Crippen LogP contribution >= 0.6 is 11.8 Å². The first-order valence-corrected chi connectivity index (χ1v) is 13.8. The van der Waals surface area contributed by atoms with Crippen LogP contribution in [-0.2, 0) is 25.7 Å². The molecule has 0 radical (unpaired) electrons. The highest BCUT2D eigenvalue weighted by Crippen LogP contribution is 2.23. The van der Waals surface area contributed by atoms with E-state index in [0.29, 0.717) is 19.6 Å². The molecule has 1 aliphatic heterocycles. The summed E-state index contributed by atoms with van der Waals surface area (Å²) < 4.78 is 4.60. The highest BCUT2D eigenvalue weighted by Gasteiger charge is 2.30. The normalized spacial score (nSPS) is 14.9. The molecule has 1 saturated heterocycles. The summed E-state index contributed by atoms with van der Waals surface area (Å²) in [6, 6.07) is 14.4. The predicted octanol–water partition coefficient (Wildman–Crippen LogP) is 2.51. The number of ether oxygens (including phenoxy) is 1. The number of thioether (sulfide) groups is 1. The van der Waals surface area contributed by atoms with Gasteiger partial charge in [-0.2, -0.15) is 11.8 Å². The average molecular weight is 517 g/mol. The molecule has 1 atom stereocenters. The number of likely N-dealkylation sites (N-methyl/N-ethyl adjacent to an activating group) is 1. The van der Waals surface area contributed by atoms with Gasteiger partial charge in [-0.05, 0) is 48.2 Å². The monoisotopic (exact) mass is 516 g/mol. The second kappa shape index (κ2) is 16.2. The molecule has 0 spiro atoms. The predicted molar refractivity (Wildman–Crippen MR) is 147 cm³/mol. The number of fused-ring (bicyclic) bond motifs is 1. The van der Waals surface area contributed by atoms with Crippen molar-refractivity contribution in [2.75, 3.05) is 58.9 Å². The van der Waals surface area contributed by atoms with Gasteiger partial charge in [0.1, 0.15) is 6.54 Å². The number of rotatable bonds is 11. The lowest BCUT2D eigenvalue weighted by molar-refractivity contribution is -0.141.